The van der Waals surface area contributed by atoms with Crippen molar-refractivity contribution in [2.75, 3.05) is 13.2 Å². The maximum Gasteiger partial charge on any atom is 0.193 e. The summed E-state index contributed by atoms with van der Waals surface area (Å²) in [5.41, 5.74) is 0. The van der Waals surface area contributed by atoms with E-state index in [9.17, 15) is 0 Å². The van der Waals surface area contributed by atoms with Gasteiger partial charge in [0.25, 0.3) is 0 Å². The van der Waals surface area contributed by atoms with E-state index in [4.69, 9.17) is 20.8 Å². The summed E-state index contributed by atoms with van der Waals surface area (Å²) < 4.78 is 10.9. The molecule has 0 spiro atoms. The minimum atomic E-state index is 0.424. The lowest BCUT2D eigenvalue weighted by Crippen LogP contribution is -2.27. The molecule has 2 unspecified atom stereocenters. The first-order valence-electron chi connectivity index (χ1n) is 5.86. The molecule has 0 saturated carbocycles. The summed E-state index contributed by atoms with van der Waals surface area (Å²) in [6.45, 7) is 4.79. The zero-order valence-corrected chi connectivity index (χ0v) is 10.3. The Balaban J connectivity index is 1.71. The van der Waals surface area contributed by atoms with Crippen molar-refractivity contribution in [3.8, 4) is 0 Å². The maximum absolute atomic E-state index is 5.70. The lowest BCUT2D eigenvalue weighted by Gasteiger charge is -2.16. The number of hydrogen-bond donors (Lipinski definition) is 1. The van der Waals surface area contributed by atoms with Crippen molar-refractivity contribution in [1.82, 2.24) is 5.32 Å². The third kappa shape index (κ3) is 3.00. The van der Waals surface area contributed by atoms with E-state index in [-0.39, 0.29) is 0 Å². The van der Waals surface area contributed by atoms with Gasteiger partial charge in [-0.15, -0.1) is 0 Å². The first kappa shape index (κ1) is 12.0. The molecule has 0 radical (unpaired) electrons. The lowest BCUT2D eigenvalue weighted by molar-refractivity contribution is 0.0871. The van der Waals surface area contributed by atoms with Crippen LogP contribution in [0.5, 0.6) is 0 Å². The summed E-state index contributed by atoms with van der Waals surface area (Å²) in [5, 5.41) is 3.84. The highest BCUT2D eigenvalue weighted by molar-refractivity contribution is 6.28. The van der Waals surface area contributed by atoms with Gasteiger partial charge in [-0.1, -0.05) is 6.92 Å². The van der Waals surface area contributed by atoms with Crippen LogP contribution in [0.3, 0.4) is 0 Å². The maximum atomic E-state index is 5.70. The number of hydrogen-bond acceptors (Lipinski definition) is 3. The van der Waals surface area contributed by atoms with Crippen molar-refractivity contribution in [1.29, 1.82) is 0 Å². The zero-order valence-electron chi connectivity index (χ0n) is 9.54. The Morgan fingerprint density at radius 1 is 1.50 bits per heavy atom. The Kier molecular flexibility index (Phi) is 4.27. The lowest BCUT2D eigenvalue weighted by atomic mass is 10.00. The summed E-state index contributed by atoms with van der Waals surface area (Å²) in [6, 6.07) is 3.67. The number of halogens is 1. The van der Waals surface area contributed by atoms with Crippen molar-refractivity contribution < 1.29 is 9.15 Å². The zero-order chi connectivity index (χ0) is 11.4. The monoisotopic (exact) mass is 243 g/mol. The van der Waals surface area contributed by atoms with Gasteiger partial charge in [0.1, 0.15) is 5.76 Å². The summed E-state index contributed by atoms with van der Waals surface area (Å²) in [4.78, 5) is 0. The quantitative estimate of drug-likeness (QED) is 0.864. The Labute approximate surface area is 101 Å². The van der Waals surface area contributed by atoms with Crippen LogP contribution in [0.1, 0.15) is 25.5 Å². The highest BCUT2D eigenvalue weighted by Gasteiger charge is 2.25. The molecule has 4 heteroatoms. The molecule has 0 amide bonds. The van der Waals surface area contributed by atoms with E-state index >= 15 is 0 Å². The third-order valence-electron chi connectivity index (χ3n) is 3.08. The van der Waals surface area contributed by atoms with Gasteiger partial charge in [0, 0.05) is 13.2 Å². The van der Waals surface area contributed by atoms with Crippen molar-refractivity contribution in [3.05, 3.63) is 23.1 Å². The van der Waals surface area contributed by atoms with Crippen LogP contribution in [-0.4, -0.2) is 19.3 Å². The SMILES string of the molecule is CCC1OCCC1CNCc1ccc(Cl)o1. The molecule has 90 valence electrons. The van der Waals surface area contributed by atoms with Crippen molar-refractivity contribution in [3.63, 3.8) is 0 Å². The highest BCUT2D eigenvalue weighted by Crippen LogP contribution is 2.22. The molecule has 0 bridgehead atoms. The van der Waals surface area contributed by atoms with Crippen LogP contribution in [0, 0.1) is 5.92 Å². The molecule has 0 aromatic carbocycles. The van der Waals surface area contributed by atoms with Gasteiger partial charge in [-0.2, -0.15) is 0 Å². The largest absolute Gasteiger partial charge is 0.448 e. The molecule has 2 atom stereocenters. The first-order chi connectivity index (χ1) is 7.79. The van der Waals surface area contributed by atoms with Crippen LogP contribution in [0.25, 0.3) is 0 Å². The van der Waals surface area contributed by atoms with E-state index < -0.39 is 0 Å². The minimum Gasteiger partial charge on any atom is -0.448 e. The van der Waals surface area contributed by atoms with Gasteiger partial charge >= 0.3 is 0 Å². The fraction of sp³-hybridized carbons (Fsp3) is 0.667. The average Bonchev–Trinajstić information content (AvgIpc) is 2.87. The number of rotatable bonds is 5. The number of ether oxygens (including phenoxy) is 1. The second-order valence-corrected chi connectivity index (χ2v) is 4.58. The Bertz CT molecular complexity index is 327. The topological polar surface area (TPSA) is 34.4 Å². The molecule has 2 rings (SSSR count). The molecule has 1 aliphatic rings. The fourth-order valence-electron chi connectivity index (χ4n) is 2.20. The number of nitrogens with one attached hydrogen (secondary N) is 1. The fourth-order valence-corrected chi connectivity index (χ4v) is 2.37. The van der Waals surface area contributed by atoms with Crippen LogP contribution in [0.2, 0.25) is 5.22 Å². The van der Waals surface area contributed by atoms with E-state index in [1.54, 1.807) is 6.07 Å². The molecule has 2 heterocycles. The average molecular weight is 244 g/mol. The van der Waals surface area contributed by atoms with Gasteiger partial charge in [-0.3, -0.25) is 0 Å². The normalized spacial score (nSPS) is 25.1. The highest BCUT2D eigenvalue weighted by atomic mass is 35.5. The van der Waals surface area contributed by atoms with E-state index in [1.807, 2.05) is 6.07 Å². The Hall–Kier alpha value is -0.510. The van der Waals surface area contributed by atoms with Gasteiger partial charge in [-0.05, 0) is 42.5 Å². The Morgan fingerprint density at radius 3 is 3.06 bits per heavy atom. The van der Waals surface area contributed by atoms with Crippen molar-refractivity contribution in [2.45, 2.75) is 32.4 Å². The van der Waals surface area contributed by atoms with E-state index in [0.29, 0.717) is 17.2 Å². The molecule has 1 aliphatic heterocycles. The molecular formula is C12H18ClNO2. The predicted molar refractivity (Wildman–Crippen MR) is 63.6 cm³/mol. The Morgan fingerprint density at radius 2 is 2.38 bits per heavy atom. The molecule has 0 aliphatic carbocycles. The molecule has 1 N–H and O–H groups in total. The molecule has 3 nitrogen and oxygen atoms in total. The molecule has 1 fully saturated rings. The van der Waals surface area contributed by atoms with Crippen LogP contribution in [0.15, 0.2) is 16.5 Å². The van der Waals surface area contributed by atoms with E-state index in [1.165, 1.54) is 0 Å². The van der Waals surface area contributed by atoms with Gasteiger partial charge in [0.2, 0.25) is 0 Å². The van der Waals surface area contributed by atoms with Crippen LogP contribution < -0.4 is 5.32 Å². The van der Waals surface area contributed by atoms with Crippen LogP contribution >= 0.6 is 11.6 Å². The van der Waals surface area contributed by atoms with Crippen molar-refractivity contribution >= 4 is 11.6 Å². The number of furan rings is 1. The summed E-state index contributed by atoms with van der Waals surface area (Å²) >= 11 is 5.70. The second kappa shape index (κ2) is 5.71. The standard InChI is InChI=1S/C12H18ClNO2/c1-2-11-9(5-6-15-11)7-14-8-10-3-4-12(13)16-10/h3-4,9,11,14H,2,5-8H2,1H3. The van der Waals surface area contributed by atoms with Crippen molar-refractivity contribution in [2.24, 2.45) is 5.92 Å². The third-order valence-corrected chi connectivity index (χ3v) is 3.29. The van der Waals surface area contributed by atoms with Gasteiger partial charge in [-0.25, -0.2) is 0 Å². The summed E-state index contributed by atoms with van der Waals surface area (Å²) in [6.07, 6.45) is 2.68. The molecule has 16 heavy (non-hydrogen) atoms. The predicted octanol–water partition coefficient (Wildman–Crippen LogP) is 2.84. The molecule has 1 aromatic heterocycles. The smallest absolute Gasteiger partial charge is 0.193 e. The first-order valence-corrected chi connectivity index (χ1v) is 6.24. The van der Waals surface area contributed by atoms with Crippen LogP contribution in [-0.2, 0) is 11.3 Å². The van der Waals surface area contributed by atoms with Gasteiger partial charge in [0.15, 0.2) is 5.22 Å². The van der Waals surface area contributed by atoms with Gasteiger partial charge < -0.3 is 14.5 Å². The molecular weight excluding hydrogens is 226 g/mol. The summed E-state index contributed by atoms with van der Waals surface area (Å²) in [5.74, 6) is 1.52. The van der Waals surface area contributed by atoms with E-state index in [0.717, 1.165) is 38.3 Å². The second-order valence-electron chi connectivity index (χ2n) is 4.20. The van der Waals surface area contributed by atoms with Crippen LogP contribution in [0.4, 0.5) is 0 Å². The van der Waals surface area contributed by atoms with E-state index in [2.05, 4.69) is 12.2 Å². The van der Waals surface area contributed by atoms with Gasteiger partial charge in [0.05, 0.1) is 12.6 Å². The molecule has 1 saturated heterocycles. The molecule has 1 aromatic rings. The minimum absolute atomic E-state index is 0.424. The summed E-state index contributed by atoms with van der Waals surface area (Å²) in [7, 11) is 0.